The maximum Gasteiger partial charge on any atom is 0.338 e. The first-order valence-corrected chi connectivity index (χ1v) is 5.42. The summed E-state index contributed by atoms with van der Waals surface area (Å²) in [6, 6.07) is 6.83. The Morgan fingerprint density at radius 2 is 2.06 bits per heavy atom. The average molecular weight is 239 g/mol. The Morgan fingerprint density at radius 1 is 1.41 bits per heavy atom. The van der Waals surface area contributed by atoms with Crippen molar-refractivity contribution in [1.82, 2.24) is 0 Å². The van der Waals surface area contributed by atoms with Crippen LogP contribution >= 0.6 is 0 Å². The minimum absolute atomic E-state index is 0.154. The van der Waals surface area contributed by atoms with E-state index in [1.807, 2.05) is 0 Å². The van der Waals surface area contributed by atoms with Crippen LogP contribution in [0.15, 0.2) is 24.3 Å². The molecule has 0 aliphatic rings. The third-order valence-electron chi connectivity index (χ3n) is 2.42. The lowest BCUT2D eigenvalue weighted by atomic mass is 9.98. The van der Waals surface area contributed by atoms with E-state index < -0.39 is 18.2 Å². The van der Waals surface area contributed by atoms with E-state index in [-0.39, 0.29) is 13.2 Å². The van der Waals surface area contributed by atoms with Gasteiger partial charge in [-0.05, 0) is 18.1 Å². The largest absolute Gasteiger partial charge is 0.464 e. The van der Waals surface area contributed by atoms with Crippen molar-refractivity contribution in [3.05, 3.63) is 35.4 Å². The highest BCUT2D eigenvalue weighted by Gasteiger charge is 2.28. The van der Waals surface area contributed by atoms with Gasteiger partial charge in [-0.2, -0.15) is 0 Å². The van der Waals surface area contributed by atoms with Gasteiger partial charge in [-0.15, -0.1) is 0 Å². The van der Waals surface area contributed by atoms with Gasteiger partial charge in [-0.25, -0.2) is 4.79 Å². The third-order valence-corrected chi connectivity index (χ3v) is 2.42. The van der Waals surface area contributed by atoms with Gasteiger partial charge < -0.3 is 20.7 Å². The summed E-state index contributed by atoms with van der Waals surface area (Å²) in [5, 5.41) is 19.5. The molecule has 94 valence electrons. The first kappa shape index (κ1) is 13.6. The second-order valence-electron chi connectivity index (χ2n) is 3.54. The van der Waals surface area contributed by atoms with E-state index in [9.17, 15) is 15.0 Å². The van der Waals surface area contributed by atoms with Crippen molar-refractivity contribution in [2.24, 2.45) is 5.73 Å². The fourth-order valence-corrected chi connectivity index (χ4v) is 1.54. The predicted octanol–water partition coefficient (Wildman–Crippen LogP) is 0.103. The molecule has 0 heterocycles. The molecular weight excluding hydrogens is 222 g/mol. The van der Waals surface area contributed by atoms with Gasteiger partial charge in [0.2, 0.25) is 0 Å². The number of hydrogen-bond donors (Lipinski definition) is 3. The van der Waals surface area contributed by atoms with Crippen LogP contribution in [0.4, 0.5) is 0 Å². The average Bonchev–Trinajstić information content (AvgIpc) is 2.37. The fraction of sp³-hybridized carbons (Fsp3) is 0.417. The molecule has 5 nitrogen and oxygen atoms in total. The summed E-state index contributed by atoms with van der Waals surface area (Å²) in [6.07, 6.45) is -2.92. The van der Waals surface area contributed by atoms with Crippen LogP contribution in [0.1, 0.15) is 24.2 Å². The number of esters is 1. The van der Waals surface area contributed by atoms with E-state index >= 15 is 0 Å². The van der Waals surface area contributed by atoms with E-state index in [0.29, 0.717) is 11.1 Å². The van der Waals surface area contributed by atoms with Crippen LogP contribution < -0.4 is 5.73 Å². The number of nitrogens with two attached hydrogens (primary N) is 1. The molecule has 0 bridgehead atoms. The summed E-state index contributed by atoms with van der Waals surface area (Å²) < 4.78 is 4.64. The molecule has 4 N–H and O–H groups in total. The molecule has 5 heteroatoms. The zero-order valence-corrected chi connectivity index (χ0v) is 9.67. The molecule has 0 spiro atoms. The van der Waals surface area contributed by atoms with Gasteiger partial charge in [-0.3, -0.25) is 0 Å². The quantitative estimate of drug-likeness (QED) is 0.634. The minimum Gasteiger partial charge on any atom is -0.464 e. The number of aliphatic hydroxyl groups excluding tert-OH is 2. The predicted molar refractivity (Wildman–Crippen MR) is 61.9 cm³/mol. The van der Waals surface area contributed by atoms with E-state index in [2.05, 4.69) is 4.74 Å². The second-order valence-corrected chi connectivity index (χ2v) is 3.54. The van der Waals surface area contributed by atoms with Gasteiger partial charge in [0, 0.05) is 6.54 Å². The van der Waals surface area contributed by atoms with E-state index in [1.165, 1.54) is 0 Å². The van der Waals surface area contributed by atoms with Crippen molar-refractivity contribution in [2.75, 3.05) is 6.61 Å². The lowest BCUT2D eigenvalue weighted by Crippen LogP contribution is -2.30. The minimum atomic E-state index is -1.59. The normalized spacial score (nSPS) is 14.1. The Morgan fingerprint density at radius 3 is 2.65 bits per heavy atom. The Balaban J connectivity index is 2.88. The number of carbonyl (C=O) groups excluding carboxylic acids is 1. The Labute approximate surface area is 99.8 Å². The number of hydrogen-bond acceptors (Lipinski definition) is 5. The number of carbonyl (C=O) groups is 1. The van der Waals surface area contributed by atoms with Crippen molar-refractivity contribution in [2.45, 2.75) is 25.7 Å². The van der Waals surface area contributed by atoms with Gasteiger partial charge in [0.1, 0.15) is 6.10 Å². The molecule has 1 rings (SSSR count). The molecule has 17 heavy (non-hydrogen) atoms. The summed E-state index contributed by atoms with van der Waals surface area (Å²) in [5.41, 5.74) is 6.64. The monoisotopic (exact) mass is 239 g/mol. The topological polar surface area (TPSA) is 92.8 Å². The van der Waals surface area contributed by atoms with Crippen molar-refractivity contribution in [3.63, 3.8) is 0 Å². The number of rotatable bonds is 5. The number of ether oxygens (including phenoxy) is 1. The maximum atomic E-state index is 11.3. The lowest BCUT2D eigenvalue weighted by Gasteiger charge is -2.19. The van der Waals surface area contributed by atoms with Crippen LogP contribution in [-0.4, -0.2) is 28.9 Å². The van der Waals surface area contributed by atoms with Gasteiger partial charge in [0.15, 0.2) is 6.10 Å². The molecule has 0 saturated heterocycles. The Hall–Kier alpha value is -1.43. The van der Waals surface area contributed by atoms with E-state index in [0.717, 1.165) is 0 Å². The van der Waals surface area contributed by atoms with Crippen molar-refractivity contribution in [3.8, 4) is 0 Å². The highest BCUT2D eigenvalue weighted by molar-refractivity contribution is 5.75. The summed E-state index contributed by atoms with van der Waals surface area (Å²) in [5.74, 6) is -0.841. The molecule has 0 saturated carbocycles. The van der Waals surface area contributed by atoms with Crippen molar-refractivity contribution >= 4 is 5.97 Å². The highest BCUT2D eigenvalue weighted by atomic mass is 16.5. The molecule has 2 unspecified atom stereocenters. The molecular formula is C12H17NO4. The Kier molecular flexibility index (Phi) is 5.09. The van der Waals surface area contributed by atoms with Gasteiger partial charge in [-0.1, -0.05) is 24.3 Å². The molecule has 0 amide bonds. The molecule has 1 aromatic rings. The van der Waals surface area contributed by atoms with Crippen LogP contribution in [0.25, 0.3) is 0 Å². The lowest BCUT2D eigenvalue weighted by molar-refractivity contribution is -0.159. The standard InChI is InChI=1S/C12H17NO4/c1-2-17-12(16)11(15)10(14)9-6-4-3-5-8(9)7-13/h3-6,10-11,14-15H,2,7,13H2,1H3. The van der Waals surface area contributed by atoms with Gasteiger partial charge in [0.25, 0.3) is 0 Å². The zero-order chi connectivity index (χ0) is 12.8. The fourth-order valence-electron chi connectivity index (χ4n) is 1.54. The van der Waals surface area contributed by atoms with Crippen LogP contribution in [0.2, 0.25) is 0 Å². The zero-order valence-electron chi connectivity index (χ0n) is 9.67. The molecule has 2 atom stereocenters. The molecule has 0 aliphatic heterocycles. The molecule has 0 radical (unpaired) electrons. The number of aliphatic hydroxyl groups is 2. The summed E-state index contributed by atoms with van der Waals surface area (Å²) >= 11 is 0. The van der Waals surface area contributed by atoms with Crippen LogP contribution in [-0.2, 0) is 16.1 Å². The van der Waals surface area contributed by atoms with Crippen LogP contribution in [0, 0.1) is 0 Å². The highest BCUT2D eigenvalue weighted by Crippen LogP contribution is 2.21. The van der Waals surface area contributed by atoms with Crippen LogP contribution in [0.5, 0.6) is 0 Å². The molecule has 0 fully saturated rings. The SMILES string of the molecule is CCOC(=O)C(O)C(O)c1ccccc1CN. The maximum absolute atomic E-state index is 11.3. The molecule has 0 aromatic heterocycles. The number of benzene rings is 1. The summed E-state index contributed by atoms with van der Waals surface area (Å²) in [4.78, 5) is 11.3. The summed E-state index contributed by atoms with van der Waals surface area (Å²) in [7, 11) is 0. The van der Waals surface area contributed by atoms with E-state index in [4.69, 9.17) is 5.73 Å². The first-order chi connectivity index (χ1) is 8.11. The van der Waals surface area contributed by atoms with Gasteiger partial charge in [0.05, 0.1) is 6.61 Å². The third kappa shape index (κ3) is 3.26. The van der Waals surface area contributed by atoms with Gasteiger partial charge >= 0.3 is 5.97 Å². The Bertz CT molecular complexity index is 381. The van der Waals surface area contributed by atoms with Crippen molar-refractivity contribution in [1.29, 1.82) is 0 Å². The second kappa shape index (κ2) is 6.34. The summed E-state index contributed by atoms with van der Waals surface area (Å²) in [6.45, 7) is 2.01. The molecule has 0 aliphatic carbocycles. The molecule has 1 aromatic carbocycles. The smallest absolute Gasteiger partial charge is 0.338 e. The van der Waals surface area contributed by atoms with Crippen molar-refractivity contribution < 1.29 is 19.7 Å². The van der Waals surface area contributed by atoms with E-state index in [1.54, 1.807) is 31.2 Å². The first-order valence-electron chi connectivity index (χ1n) is 5.42. The van der Waals surface area contributed by atoms with Crippen LogP contribution in [0.3, 0.4) is 0 Å².